The van der Waals surface area contributed by atoms with Gasteiger partial charge in [0.25, 0.3) is 5.91 Å². The molecule has 0 aliphatic heterocycles. The molecule has 0 saturated carbocycles. The molecule has 0 aliphatic rings. The second-order valence-electron chi connectivity index (χ2n) is 2.65. The van der Waals surface area contributed by atoms with E-state index in [0.717, 1.165) is 0 Å². The number of aliphatic hydroxyl groups is 1. The Kier molecular flexibility index (Phi) is 3.87. The van der Waals surface area contributed by atoms with Crippen LogP contribution in [-0.4, -0.2) is 34.7 Å². The first-order valence-corrected chi connectivity index (χ1v) is 4.73. The standard InChI is InChI=1S/C8H8BrNO5/c9-6-4(1-2-15-6)7(12)10-5(3-11)8(13)14/h1-2,5,11H,3H2,(H,10,12)(H,13,14)/t5-/m0/s1. The van der Waals surface area contributed by atoms with Gasteiger partial charge in [0, 0.05) is 0 Å². The Hall–Kier alpha value is -1.34. The molecule has 3 N–H and O–H groups in total. The molecule has 0 aliphatic carbocycles. The van der Waals surface area contributed by atoms with Crippen LogP contribution in [0.15, 0.2) is 21.4 Å². The quantitative estimate of drug-likeness (QED) is 0.731. The predicted octanol–water partition coefficient (Wildman–Crippen LogP) is 0.217. The van der Waals surface area contributed by atoms with E-state index in [1.165, 1.54) is 12.3 Å². The van der Waals surface area contributed by atoms with Crippen molar-refractivity contribution in [3.05, 3.63) is 22.6 Å². The average molecular weight is 278 g/mol. The number of amides is 1. The van der Waals surface area contributed by atoms with E-state index in [-0.39, 0.29) is 10.2 Å². The third-order valence-electron chi connectivity index (χ3n) is 1.65. The van der Waals surface area contributed by atoms with E-state index in [1.807, 2.05) is 0 Å². The largest absolute Gasteiger partial charge is 0.480 e. The molecule has 1 rings (SSSR count). The van der Waals surface area contributed by atoms with Crippen LogP contribution in [0.2, 0.25) is 0 Å². The minimum Gasteiger partial charge on any atom is -0.480 e. The highest BCUT2D eigenvalue weighted by molar-refractivity contribution is 9.10. The van der Waals surface area contributed by atoms with Crippen molar-refractivity contribution in [2.24, 2.45) is 0 Å². The lowest BCUT2D eigenvalue weighted by atomic mass is 10.2. The second kappa shape index (κ2) is 4.94. The summed E-state index contributed by atoms with van der Waals surface area (Å²) in [5.41, 5.74) is 0.176. The predicted molar refractivity (Wildman–Crippen MR) is 52.4 cm³/mol. The van der Waals surface area contributed by atoms with Crippen LogP contribution in [0.3, 0.4) is 0 Å². The summed E-state index contributed by atoms with van der Waals surface area (Å²) in [6, 6.07) is 0.0645. The molecule has 15 heavy (non-hydrogen) atoms. The average Bonchev–Trinajstić information content (AvgIpc) is 2.60. The SMILES string of the molecule is O=C(N[C@@H](CO)C(=O)O)c1ccoc1Br. The summed E-state index contributed by atoms with van der Waals surface area (Å²) in [4.78, 5) is 21.9. The number of carbonyl (C=O) groups excluding carboxylic acids is 1. The van der Waals surface area contributed by atoms with Gasteiger partial charge >= 0.3 is 5.97 Å². The Labute approximate surface area is 93.0 Å². The molecule has 1 amide bonds. The maximum atomic E-state index is 11.4. The van der Waals surface area contributed by atoms with Gasteiger partial charge in [0.1, 0.15) is 0 Å². The summed E-state index contributed by atoms with van der Waals surface area (Å²) in [5, 5.41) is 19.4. The van der Waals surface area contributed by atoms with Gasteiger partial charge in [0.15, 0.2) is 10.7 Å². The molecule has 0 unspecified atom stereocenters. The molecule has 0 fully saturated rings. The van der Waals surface area contributed by atoms with Crippen LogP contribution in [0, 0.1) is 0 Å². The number of hydrogen-bond acceptors (Lipinski definition) is 4. The first-order chi connectivity index (χ1) is 7.06. The molecule has 0 bridgehead atoms. The molecule has 0 aromatic carbocycles. The normalized spacial score (nSPS) is 12.1. The van der Waals surface area contributed by atoms with E-state index < -0.39 is 24.5 Å². The Morgan fingerprint density at radius 1 is 1.60 bits per heavy atom. The summed E-state index contributed by atoms with van der Waals surface area (Å²) < 4.78 is 5.02. The van der Waals surface area contributed by atoms with E-state index in [2.05, 4.69) is 21.2 Å². The minimum absolute atomic E-state index is 0.176. The number of carboxylic acids is 1. The summed E-state index contributed by atoms with van der Waals surface area (Å²) in [7, 11) is 0. The molecular formula is C8H8BrNO5. The van der Waals surface area contributed by atoms with E-state index >= 15 is 0 Å². The highest BCUT2D eigenvalue weighted by Crippen LogP contribution is 2.17. The number of aliphatic hydroxyl groups excluding tert-OH is 1. The Balaban J connectivity index is 2.71. The van der Waals surface area contributed by atoms with Crippen molar-refractivity contribution in [1.29, 1.82) is 0 Å². The fourth-order valence-electron chi connectivity index (χ4n) is 0.877. The van der Waals surface area contributed by atoms with Gasteiger partial charge in [-0.25, -0.2) is 4.79 Å². The van der Waals surface area contributed by atoms with E-state index in [1.54, 1.807) is 0 Å². The smallest absolute Gasteiger partial charge is 0.328 e. The van der Waals surface area contributed by atoms with E-state index in [0.29, 0.717) is 0 Å². The molecular weight excluding hydrogens is 270 g/mol. The monoisotopic (exact) mass is 277 g/mol. The minimum atomic E-state index is -1.32. The number of hydrogen-bond donors (Lipinski definition) is 3. The number of aliphatic carboxylic acids is 1. The van der Waals surface area contributed by atoms with E-state index in [4.69, 9.17) is 14.6 Å². The number of halogens is 1. The van der Waals surface area contributed by atoms with E-state index in [9.17, 15) is 9.59 Å². The van der Waals surface area contributed by atoms with Crippen molar-refractivity contribution in [2.45, 2.75) is 6.04 Å². The lowest BCUT2D eigenvalue weighted by Gasteiger charge is -2.10. The van der Waals surface area contributed by atoms with Gasteiger partial charge in [-0.3, -0.25) is 4.79 Å². The topological polar surface area (TPSA) is 99.8 Å². The van der Waals surface area contributed by atoms with Gasteiger partial charge in [-0.15, -0.1) is 0 Å². The van der Waals surface area contributed by atoms with Crippen molar-refractivity contribution < 1.29 is 24.2 Å². The highest BCUT2D eigenvalue weighted by atomic mass is 79.9. The fraction of sp³-hybridized carbons (Fsp3) is 0.250. The number of rotatable bonds is 4. The van der Waals surface area contributed by atoms with Crippen molar-refractivity contribution in [1.82, 2.24) is 5.32 Å². The molecule has 6 nitrogen and oxygen atoms in total. The van der Waals surface area contributed by atoms with Crippen LogP contribution in [0.5, 0.6) is 0 Å². The van der Waals surface area contributed by atoms with Crippen LogP contribution in [-0.2, 0) is 4.79 Å². The van der Waals surface area contributed by atoms with Crippen LogP contribution >= 0.6 is 15.9 Å². The van der Waals surface area contributed by atoms with Crippen LogP contribution in [0.25, 0.3) is 0 Å². The number of nitrogens with one attached hydrogen (secondary N) is 1. The lowest BCUT2D eigenvalue weighted by molar-refractivity contribution is -0.140. The van der Waals surface area contributed by atoms with Gasteiger partial charge in [0.05, 0.1) is 18.4 Å². The number of carboxylic acid groups (broad SMARTS) is 1. The van der Waals surface area contributed by atoms with Crippen LogP contribution < -0.4 is 5.32 Å². The molecule has 1 heterocycles. The van der Waals surface area contributed by atoms with Gasteiger partial charge in [-0.05, 0) is 22.0 Å². The van der Waals surface area contributed by atoms with Crippen LogP contribution in [0.4, 0.5) is 0 Å². The third kappa shape index (κ3) is 2.80. The first kappa shape index (κ1) is 11.7. The van der Waals surface area contributed by atoms with Gasteiger partial charge in [-0.1, -0.05) is 0 Å². The van der Waals surface area contributed by atoms with Crippen LogP contribution in [0.1, 0.15) is 10.4 Å². The molecule has 1 aromatic heterocycles. The zero-order chi connectivity index (χ0) is 11.4. The molecule has 0 spiro atoms. The first-order valence-electron chi connectivity index (χ1n) is 3.93. The molecule has 1 aromatic rings. The summed E-state index contributed by atoms with van der Waals surface area (Å²) >= 11 is 2.98. The van der Waals surface area contributed by atoms with Crippen molar-refractivity contribution in [2.75, 3.05) is 6.61 Å². The molecule has 82 valence electrons. The Bertz CT molecular complexity index is 375. The molecule has 0 radical (unpaired) electrons. The Morgan fingerprint density at radius 3 is 2.67 bits per heavy atom. The zero-order valence-electron chi connectivity index (χ0n) is 7.44. The van der Waals surface area contributed by atoms with Gasteiger partial charge in [-0.2, -0.15) is 0 Å². The fourth-order valence-corrected chi connectivity index (χ4v) is 1.30. The molecule has 0 saturated heterocycles. The summed E-state index contributed by atoms with van der Waals surface area (Å²) in [6.07, 6.45) is 1.29. The van der Waals surface area contributed by atoms with Gasteiger partial charge in [0.2, 0.25) is 0 Å². The third-order valence-corrected chi connectivity index (χ3v) is 2.26. The number of carbonyl (C=O) groups is 2. The summed E-state index contributed by atoms with van der Waals surface area (Å²) in [6.45, 7) is -0.670. The van der Waals surface area contributed by atoms with Gasteiger partial charge < -0.3 is 19.9 Å². The number of furan rings is 1. The Morgan fingerprint density at radius 2 is 2.27 bits per heavy atom. The maximum absolute atomic E-state index is 11.4. The molecule has 7 heteroatoms. The second-order valence-corrected chi connectivity index (χ2v) is 3.38. The zero-order valence-corrected chi connectivity index (χ0v) is 9.02. The lowest BCUT2D eigenvalue weighted by Crippen LogP contribution is -2.43. The molecule has 1 atom stereocenters. The van der Waals surface area contributed by atoms with Crippen molar-refractivity contribution in [3.8, 4) is 0 Å². The highest BCUT2D eigenvalue weighted by Gasteiger charge is 2.21. The summed E-state index contributed by atoms with van der Waals surface area (Å²) in [5.74, 6) is -1.93. The maximum Gasteiger partial charge on any atom is 0.328 e. The van der Waals surface area contributed by atoms with Crippen molar-refractivity contribution in [3.63, 3.8) is 0 Å². The van der Waals surface area contributed by atoms with Crippen molar-refractivity contribution >= 4 is 27.8 Å².